The molecule has 0 aromatic carbocycles. The molecule has 0 aliphatic heterocycles. The normalized spacial score (nSPS) is 20.8. The van der Waals surface area contributed by atoms with Gasteiger partial charge in [0.1, 0.15) is 0 Å². The Labute approximate surface area is 105 Å². The molecule has 1 saturated carbocycles. The lowest BCUT2D eigenvalue weighted by Crippen LogP contribution is -2.49. The summed E-state index contributed by atoms with van der Waals surface area (Å²) in [7, 11) is 0. The second-order valence-corrected chi connectivity index (χ2v) is 4.83. The summed E-state index contributed by atoms with van der Waals surface area (Å²) >= 11 is 0. The van der Waals surface area contributed by atoms with Crippen LogP contribution in [0.4, 0.5) is 0 Å². The minimum absolute atomic E-state index is 0.189. The van der Waals surface area contributed by atoms with Gasteiger partial charge in [-0.25, -0.2) is 0 Å². The molecule has 98 valence electrons. The van der Waals surface area contributed by atoms with Gasteiger partial charge in [-0.05, 0) is 32.1 Å². The zero-order chi connectivity index (χ0) is 12.5. The minimum atomic E-state index is 0.189. The van der Waals surface area contributed by atoms with E-state index in [1.807, 2.05) is 6.92 Å². The second-order valence-electron chi connectivity index (χ2n) is 4.83. The third-order valence-electron chi connectivity index (χ3n) is 3.68. The summed E-state index contributed by atoms with van der Waals surface area (Å²) in [6.07, 6.45) is 13.7. The van der Waals surface area contributed by atoms with Gasteiger partial charge in [-0.2, -0.15) is 0 Å². The van der Waals surface area contributed by atoms with E-state index in [1.54, 1.807) is 0 Å². The van der Waals surface area contributed by atoms with Crippen molar-refractivity contribution < 1.29 is 4.74 Å². The van der Waals surface area contributed by atoms with E-state index in [1.165, 1.54) is 32.1 Å². The molecule has 1 aliphatic rings. The molecule has 3 N–H and O–H groups in total. The summed E-state index contributed by atoms with van der Waals surface area (Å²) in [4.78, 5) is 0. The summed E-state index contributed by atoms with van der Waals surface area (Å²) in [6.45, 7) is 2.79. The first-order chi connectivity index (χ1) is 8.33. The van der Waals surface area contributed by atoms with Crippen LogP contribution in [0.25, 0.3) is 0 Å². The van der Waals surface area contributed by atoms with E-state index in [2.05, 4.69) is 11.3 Å². The Morgan fingerprint density at radius 1 is 1.41 bits per heavy atom. The summed E-state index contributed by atoms with van der Waals surface area (Å²) in [5, 5.41) is 0. The first-order valence-electron chi connectivity index (χ1n) is 6.84. The maximum atomic E-state index is 5.92. The van der Waals surface area contributed by atoms with Gasteiger partial charge in [0.2, 0.25) is 0 Å². The third-order valence-corrected chi connectivity index (χ3v) is 3.68. The highest BCUT2D eigenvalue weighted by atomic mass is 16.5. The smallest absolute Gasteiger partial charge is 0.0769 e. The fourth-order valence-corrected chi connectivity index (χ4v) is 2.82. The first-order valence-corrected chi connectivity index (χ1v) is 6.84. The predicted octanol–water partition coefficient (Wildman–Crippen LogP) is 2.22. The number of nitrogens with one attached hydrogen (secondary N) is 1. The van der Waals surface area contributed by atoms with Crippen molar-refractivity contribution in [2.75, 3.05) is 6.61 Å². The third kappa shape index (κ3) is 4.67. The van der Waals surface area contributed by atoms with Crippen molar-refractivity contribution in [3.05, 3.63) is 0 Å². The number of hydrazine groups is 1. The number of ether oxygens (including phenoxy) is 1. The number of terminal acetylenes is 1. The first kappa shape index (κ1) is 14.5. The van der Waals surface area contributed by atoms with Crippen LogP contribution in [0.15, 0.2) is 0 Å². The van der Waals surface area contributed by atoms with Crippen LogP contribution in [0.5, 0.6) is 0 Å². The standard InChI is InChI=1S/C14H26N2O/c1-3-5-11-13(16-15)14(17-4-2)12-9-7-6-8-10-12/h1,12-14,16H,4-11,15H2,2H3. The van der Waals surface area contributed by atoms with Gasteiger partial charge in [-0.15, -0.1) is 12.3 Å². The summed E-state index contributed by atoms with van der Waals surface area (Å²) in [5.41, 5.74) is 2.90. The van der Waals surface area contributed by atoms with Crippen LogP contribution in [-0.2, 0) is 4.74 Å². The molecule has 0 aromatic rings. The Hall–Kier alpha value is -0.560. The Kier molecular flexibility index (Phi) is 7.27. The number of hydrogen-bond acceptors (Lipinski definition) is 3. The lowest BCUT2D eigenvalue weighted by atomic mass is 9.81. The van der Waals surface area contributed by atoms with Crippen molar-refractivity contribution >= 4 is 0 Å². The molecule has 0 heterocycles. The Morgan fingerprint density at radius 2 is 2.12 bits per heavy atom. The summed E-state index contributed by atoms with van der Waals surface area (Å²) in [6, 6.07) is 0.189. The molecule has 3 nitrogen and oxygen atoms in total. The molecule has 0 aromatic heterocycles. The van der Waals surface area contributed by atoms with Gasteiger partial charge in [-0.1, -0.05) is 19.3 Å². The molecular formula is C14H26N2O. The van der Waals surface area contributed by atoms with Crippen LogP contribution in [0, 0.1) is 18.3 Å². The molecule has 0 bridgehead atoms. The van der Waals surface area contributed by atoms with Crippen LogP contribution in [0.1, 0.15) is 51.9 Å². The van der Waals surface area contributed by atoms with Crippen molar-refractivity contribution in [2.45, 2.75) is 64.0 Å². The molecule has 0 saturated heterocycles. The quantitative estimate of drug-likeness (QED) is 0.406. The highest BCUT2D eigenvalue weighted by Crippen LogP contribution is 2.30. The highest BCUT2D eigenvalue weighted by molar-refractivity contribution is 4.90. The maximum absolute atomic E-state index is 5.92. The fourth-order valence-electron chi connectivity index (χ4n) is 2.82. The number of hydrogen-bond donors (Lipinski definition) is 2. The zero-order valence-corrected chi connectivity index (χ0v) is 11.0. The molecule has 1 aliphatic carbocycles. The van der Waals surface area contributed by atoms with Crippen molar-refractivity contribution in [3.8, 4) is 12.3 Å². The largest absolute Gasteiger partial charge is 0.377 e. The summed E-state index contributed by atoms with van der Waals surface area (Å²) < 4.78 is 5.92. The SMILES string of the molecule is C#CCCC(NN)C(OCC)C1CCCCC1. The van der Waals surface area contributed by atoms with E-state index in [4.69, 9.17) is 17.0 Å². The molecule has 17 heavy (non-hydrogen) atoms. The fraction of sp³-hybridized carbons (Fsp3) is 0.857. The van der Waals surface area contributed by atoms with E-state index in [0.717, 1.165) is 19.4 Å². The van der Waals surface area contributed by atoms with E-state index in [0.29, 0.717) is 5.92 Å². The minimum Gasteiger partial charge on any atom is -0.377 e. The predicted molar refractivity (Wildman–Crippen MR) is 71.2 cm³/mol. The van der Waals surface area contributed by atoms with Gasteiger partial charge in [0.05, 0.1) is 6.10 Å². The van der Waals surface area contributed by atoms with Gasteiger partial charge in [-0.3, -0.25) is 11.3 Å². The van der Waals surface area contributed by atoms with Crippen molar-refractivity contribution in [1.29, 1.82) is 0 Å². The molecule has 0 spiro atoms. The molecular weight excluding hydrogens is 212 g/mol. The highest BCUT2D eigenvalue weighted by Gasteiger charge is 2.30. The van der Waals surface area contributed by atoms with Crippen LogP contribution in [0.3, 0.4) is 0 Å². The topological polar surface area (TPSA) is 47.3 Å². The van der Waals surface area contributed by atoms with Crippen molar-refractivity contribution in [1.82, 2.24) is 5.43 Å². The second kappa shape index (κ2) is 8.52. The average molecular weight is 238 g/mol. The van der Waals surface area contributed by atoms with E-state index >= 15 is 0 Å². The van der Waals surface area contributed by atoms with Crippen LogP contribution in [-0.4, -0.2) is 18.8 Å². The number of rotatable bonds is 7. The number of nitrogens with two attached hydrogens (primary N) is 1. The van der Waals surface area contributed by atoms with Crippen LogP contribution in [0.2, 0.25) is 0 Å². The van der Waals surface area contributed by atoms with Gasteiger partial charge in [0, 0.05) is 19.1 Å². The van der Waals surface area contributed by atoms with E-state index < -0.39 is 0 Å². The van der Waals surface area contributed by atoms with Gasteiger partial charge in [0.15, 0.2) is 0 Å². The van der Waals surface area contributed by atoms with Gasteiger partial charge in [0.25, 0.3) is 0 Å². The lowest BCUT2D eigenvalue weighted by Gasteiger charge is -2.35. The summed E-state index contributed by atoms with van der Waals surface area (Å²) in [5.74, 6) is 8.98. The molecule has 1 fully saturated rings. The van der Waals surface area contributed by atoms with E-state index in [-0.39, 0.29) is 12.1 Å². The Morgan fingerprint density at radius 3 is 2.65 bits per heavy atom. The molecule has 2 unspecified atom stereocenters. The molecule has 2 atom stereocenters. The van der Waals surface area contributed by atoms with Crippen molar-refractivity contribution in [3.63, 3.8) is 0 Å². The molecule has 0 radical (unpaired) electrons. The van der Waals surface area contributed by atoms with E-state index in [9.17, 15) is 0 Å². The van der Waals surface area contributed by atoms with Gasteiger partial charge < -0.3 is 4.74 Å². The Bertz CT molecular complexity index is 231. The van der Waals surface area contributed by atoms with Crippen LogP contribution >= 0.6 is 0 Å². The molecule has 0 amide bonds. The zero-order valence-electron chi connectivity index (χ0n) is 11.0. The maximum Gasteiger partial charge on any atom is 0.0769 e. The Balaban J connectivity index is 2.56. The van der Waals surface area contributed by atoms with Crippen LogP contribution < -0.4 is 11.3 Å². The van der Waals surface area contributed by atoms with Gasteiger partial charge >= 0.3 is 0 Å². The molecule has 3 heteroatoms. The monoisotopic (exact) mass is 238 g/mol. The van der Waals surface area contributed by atoms with Crippen molar-refractivity contribution in [2.24, 2.45) is 11.8 Å². The molecule has 1 rings (SSSR count). The average Bonchev–Trinajstić information content (AvgIpc) is 2.39. The lowest BCUT2D eigenvalue weighted by molar-refractivity contribution is -0.0190.